The second-order valence-corrected chi connectivity index (χ2v) is 5.15. The van der Waals surface area contributed by atoms with Gasteiger partial charge in [0, 0.05) is 5.75 Å². The highest BCUT2D eigenvalue weighted by Gasteiger charge is 2.11. The van der Waals surface area contributed by atoms with Crippen molar-refractivity contribution < 1.29 is 9.59 Å². The van der Waals surface area contributed by atoms with Crippen LogP contribution in [0.2, 0.25) is 4.34 Å². The molecule has 0 aliphatic rings. The SMILES string of the molecule is C=CCSC(=O)NC(=O)c1ccc(Cl)s1. The van der Waals surface area contributed by atoms with Gasteiger partial charge in [-0.15, -0.1) is 17.9 Å². The highest BCUT2D eigenvalue weighted by molar-refractivity contribution is 8.13. The smallest absolute Gasteiger partial charge is 0.282 e. The standard InChI is InChI=1S/C9H8ClNO2S2/c1-2-5-14-9(13)11-8(12)6-3-4-7(10)15-6/h2-4H,1,5H2,(H,11,12,13). The molecule has 0 fully saturated rings. The van der Waals surface area contributed by atoms with Crippen LogP contribution in [0.1, 0.15) is 9.67 Å². The summed E-state index contributed by atoms with van der Waals surface area (Å²) in [6, 6.07) is 3.19. The van der Waals surface area contributed by atoms with Crippen molar-refractivity contribution in [2.24, 2.45) is 0 Å². The Morgan fingerprint density at radius 2 is 2.33 bits per heavy atom. The number of hydrogen-bond donors (Lipinski definition) is 1. The average Bonchev–Trinajstić information content (AvgIpc) is 2.61. The van der Waals surface area contributed by atoms with E-state index in [1.807, 2.05) is 0 Å². The maximum absolute atomic E-state index is 11.4. The summed E-state index contributed by atoms with van der Waals surface area (Å²) in [5.74, 6) is 0.0538. The number of carbonyl (C=O) groups excluding carboxylic acids is 2. The fourth-order valence-electron chi connectivity index (χ4n) is 0.761. The summed E-state index contributed by atoms with van der Waals surface area (Å²) in [4.78, 5) is 23.0. The first kappa shape index (κ1) is 12.3. The quantitative estimate of drug-likeness (QED) is 0.850. The number of rotatable bonds is 3. The van der Waals surface area contributed by atoms with Gasteiger partial charge in [-0.1, -0.05) is 29.4 Å². The molecule has 0 bridgehead atoms. The zero-order valence-corrected chi connectivity index (χ0v) is 10.0. The van der Waals surface area contributed by atoms with Crippen LogP contribution in [-0.4, -0.2) is 16.9 Å². The molecule has 3 nitrogen and oxygen atoms in total. The van der Waals surface area contributed by atoms with Crippen molar-refractivity contribution in [2.45, 2.75) is 0 Å². The van der Waals surface area contributed by atoms with Crippen LogP contribution in [0.4, 0.5) is 4.79 Å². The second-order valence-electron chi connectivity index (χ2n) is 2.45. The van der Waals surface area contributed by atoms with Gasteiger partial charge >= 0.3 is 0 Å². The number of halogens is 1. The Morgan fingerprint density at radius 3 is 2.87 bits per heavy atom. The lowest BCUT2D eigenvalue weighted by Crippen LogP contribution is -2.26. The molecule has 0 saturated heterocycles. The Kier molecular flexibility index (Phi) is 4.87. The van der Waals surface area contributed by atoms with Gasteiger partial charge in [-0.25, -0.2) is 0 Å². The number of carbonyl (C=O) groups is 2. The van der Waals surface area contributed by atoms with E-state index in [2.05, 4.69) is 11.9 Å². The summed E-state index contributed by atoms with van der Waals surface area (Å²) in [5, 5.41) is 1.85. The normalized spacial score (nSPS) is 9.67. The third kappa shape index (κ3) is 4.07. The summed E-state index contributed by atoms with van der Waals surface area (Å²) in [6.07, 6.45) is 1.59. The molecular weight excluding hydrogens is 254 g/mol. The van der Waals surface area contributed by atoms with Crippen molar-refractivity contribution in [3.63, 3.8) is 0 Å². The minimum absolute atomic E-state index is 0.385. The summed E-state index contributed by atoms with van der Waals surface area (Å²) >= 11 is 7.78. The lowest BCUT2D eigenvalue weighted by atomic mass is 10.4. The Balaban J connectivity index is 2.49. The van der Waals surface area contributed by atoms with Gasteiger partial charge in [0.25, 0.3) is 11.1 Å². The minimum atomic E-state index is -0.423. The maximum atomic E-state index is 11.4. The molecule has 0 aliphatic carbocycles. The summed E-state index contributed by atoms with van der Waals surface area (Å²) in [5.41, 5.74) is 0. The predicted molar refractivity (Wildman–Crippen MR) is 64.8 cm³/mol. The molecule has 0 radical (unpaired) electrons. The molecule has 1 N–H and O–H groups in total. The van der Waals surface area contributed by atoms with Crippen molar-refractivity contribution in [3.8, 4) is 0 Å². The molecule has 1 rings (SSSR count). The average molecular weight is 262 g/mol. The van der Waals surface area contributed by atoms with Crippen LogP contribution in [0.15, 0.2) is 24.8 Å². The van der Waals surface area contributed by atoms with E-state index in [1.54, 1.807) is 18.2 Å². The molecule has 0 unspecified atom stereocenters. The Hall–Kier alpha value is -0.780. The van der Waals surface area contributed by atoms with E-state index in [1.165, 1.54) is 0 Å². The van der Waals surface area contributed by atoms with Crippen molar-refractivity contribution in [1.29, 1.82) is 0 Å². The first-order valence-electron chi connectivity index (χ1n) is 3.98. The first-order chi connectivity index (χ1) is 7.13. The van der Waals surface area contributed by atoms with Crippen LogP contribution in [0.3, 0.4) is 0 Å². The van der Waals surface area contributed by atoms with Crippen LogP contribution < -0.4 is 5.32 Å². The number of amides is 2. The molecule has 1 aromatic heterocycles. The molecular formula is C9H8ClNO2S2. The van der Waals surface area contributed by atoms with E-state index in [0.717, 1.165) is 23.1 Å². The van der Waals surface area contributed by atoms with E-state index >= 15 is 0 Å². The maximum Gasteiger partial charge on any atom is 0.286 e. The monoisotopic (exact) mass is 261 g/mol. The van der Waals surface area contributed by atoms with Crippen molar-refractivity contribution in [2.75, 3.05) is 5.75 Å². The van der Waals surface area contributed by atoms with Gasteiger partial charge in [0.1, 0.15) is 0 Å². The summed E-state index contributed by atoms with van der Waals surface area (Å²) < 4.78 is 0.520. The summed E-state index contributed by atoms with van der Waals surface area (Å²) in [7, 11) is 0. The number of nitrogens with one attached hydrogen (secondary N) is 1. The first-order valence-corrected chi connectivity index (χ1v) is 6.16. The lowest BCUT2D eigenvalue weighted by molar-refractivity contribution is 0.0973. The second kappa shape index (κ2) is 5.95. The molecule has 0 atom stereocenters. The molecule has 0 spiro atoms. The van der Waals surface area contributed by atoms with Crippen molar-refractivity contribution >= 4 is 45.8 Å². The van der Waals surface area contributed by atoms with Gasteiger partial charge in [0.05, 0.1) is 9.21 Å². The molecule has 0 aliphatic heterocycles. The number of thioether (sulfide) groups is 1. The van der Waals surface area contributed by atoms with E-state index in [-0.39, 0.29) is 5.24 Å². The topological polar surface area (TPSA) is 46.2 Å². The van der Waals surface area contributed by atoms with E-state index in [0.29, 0.717) is 15.0 Å². The van der Waals surface area contributed by atoms with Crippen LogP contribution in [-0.2, 0) is 0 Å². The van der Waals surface area contributed by atoms with Gasteiger partial charge < -0.3 is 0 Å². The molecule has 6 heteroatoms. The van der Waals surface area contributed by atoms with Gasteiger partial charge in [0.2, 0.25) is 0 Å². The molecule has 0 saturated carbocycles. The predicted octanol–water partition coefficient (Wildman–Crippen LogP) is 3.17. The largest absolute Gasteiger partial charge is 0.286 e. The van der Waals surface area contributed by atoms with Crippen molar-refractivity contribution in [3.05, 3.63) is 34.0 Å². The van der Waals surface area contributed by atoms with E-state index < -0.39 is 5.91 Å². The molecule has 1 heterocycles. The third-order valence-electron chi connectivity index (χ3n) is 1.34. The van der Waals surface area contributed by atoms with Crippen LogP contribution >= 0.6 is 34.7 Å². The van der Waals surface area contributed by atoms with Crippen LogP contribution in [0.5, 0.6) is 0 Å². The van der Waals surface area contributed by atoms with E-state index in [4.69, 9.17) is 11.6 Å². The van der Waals surface area contributed by atoms with Gasteiger partial charge in [-0.05, 0) is 12.1 Å². The highest BCUT2D eigenvalue weighted by Crippen LogP contribution is 2.21. The number of thiophene rings is 1. The van der Waals surface area contributed by atoms with Gasteiger partial charge in [0.15, 0.2) is 0 Å². The minimum Gasteiger partial charge on any atom is -0.282 e. The van der Waals surface area contributed by atoms with E-state index in [9.17, 15) is 9.59 Å². The Morgan fingerprint density at radius 1 is 1.60 bits per heavy atom. The van der Waals surface area contributed by atoms with Crippen LogP contribution in [0, 0.1) is 0 Å². The fraction of sp³-hybridized carbons (Fsp3) is 0.111. The molecule has 0 aromatic carbocycles. The zero-order chi connectivity index (χ0) is 11.3. The zero-order valence-electron chi connectivity index (χ0n) is 7.66. The molecule has 1 aromatic rings. The molecule has 15 heavy (non-hydrogen) atoms. The van der Waals surface area contributed by atoms with Crippen LogP contribution in [0.25, 0.3) is 0 Å². The molecule has 2 amide bonds. The Labute approximate surface area is 101 Å². The fourth-order valence-corrected chi connectivity index (χ4v) is 2.13. The number of hydrogen-bond acceptors (Lipinski definition) is 4. The lowest BCUT2D eigenvalue weighted by Gasteiger charge is -1.99. The third-order valence-corrected chi connectivity index (χ3v) is 3.34. The molecule has 80 valence electrons. The number of imide groups is 1. The summed E-state index contributed by atoms with van der Waals surface area (Å²) in [6.45, 7) is 3.47. The van der Waals surface area contributed by atoms with Crippen molar-refractivity contribution in [1.82, 2.24) is 5.32 Å². The highest BCUT2D eigenvalue weighted by atomic mass is 35.5. The van der Waals surface area contributed by atoms with Gasteiger partial charge in [-0.3, -0.25) is 14.9 Å². The van der Waals surface area contributed by atoms with Gasteiger partial charge in [-0.2, -0.15) is 0 Å². The Bertz CT molecular complexity index is 389.